The van der Waals surface area contributed by atoms with Crippen LogP contribution in [0.1, 0.15) is 20.3 Å². The topological polar surface area (TPSA) is 38.8 Å². The SMILES string of the molecule is CC1(C)CN(C(=O)CCOCC(F)F)CC(CBr)O1. The highest BCUT2D eigenvalue weighted by Gasteiger charge is 2.34. The Morgan fingerprint density at radius 1 is 1.58 bits per heavy atom. The van der Waals surface area contributed by atoms with E-state index in [1.54, 1.807) is 4.90 Å². The third-order valence-electron chi connectivity index (χ3n) is 2.71. The highest BCUT2D eigenvalue weighted by atomic mass is 79.9. The summed E-state index contributed by atoms with van der Waals surface area (Å²) < 4.78 is 34.3. The number of rotatable bonds is 6. The van der Waals surface area contributed by atoms with Crippen molar-refractivity contribution in [2.24, 2.45) is 0 Å². The lowest BCUT2D eigenvalue weighted by molar-refractivity contribution is -0.158. The lowest BCUT2D eigenvalue weighted by atomic mass is 10.1. The molecule has 0 aromatic carbocycles. The number of carbonyl (C=O) groups excluding carboxylic acids is 1. The molecule has 1 atom stereocenters. The Kier molecular flexibility index (Phi) is 6.62. The van der Waals surface area contributed by atoms with Crippen LogP contribution in [0.5, 0.6) is 0 Å². The molecule has 1 heterocycles. The monoisotopic (exact) mass is 343 g/mol. The molecular formula is C12H20BrF2NO3. The molecule has 1 aliphatic rings. The summed E-state index contributed by atoms with van der Waals surface area (Å²) in [5, 5.41) is 0.655. The molecule has 112 valence electrons. The minimum Gasteiger partial charge on any atom is -0.375 e. The summed E-state index contributed by atoms with van der Waals surface area (Å²) in [6.45, 7) is 4.28. The third-order valence-corrected chi connectivity index (χ3v) is 3.43. The van der Waals surface area contributed by atoms with Gasteiger partial charge in [0.2, 0.25) is 5.91 Å². The second-order valence-electron chi connectivity index (χ2n) is 5.14. The van der Waals surface area contributed by atoms with Crippen LogP contribution in [0, 0.1) is 0 Å². The molecule has 19 heavy (non-hydrogen) atoms. The Hall–Kier alpha value is -0.270. The second-order valence-corrected chi connectivity index (χ2v) is 5.79. The minimum atomic E-state index is -2.49. The molecule has 1 rings (SSSR count). The van der Waals surface area contributed by atoms with Crippen LogP contribution < -0.4 is 0 Å². The van der Waals surface area contributed by atoms with Gasteiger partial charge in [-0.15, -0.1) is 0 Å². The molecule has 0 aliphatic carbocycles. The van der Waals surface area contributed by atoms with Gasteiger partial charge in [-0.3, -0.25) is 4.79 Å². The highest BCUT2D eigenvalue weighted by Crippen LogP contribution is 2.22. The van der Waals surface area contributed by atoms with Crippen LogP contribution in [0.2, 0.25) is 0 Å². The number of hydrogen-bond acceptors (Lipinski definition) is 3. The van der Waals surface area contributed by atoms with E-state index in [1.807, 2.05) is 13.8 Å². The summed E-state index contributed by atoms with van der Waals surface area (Å²) in [5.41, 5.74) is -0.393. The van der Waals surface area contributed by atoms with E-state index in [0.717, 1.165) is 0 Å². The standard InChI is InChI=1S/C12H20BrF2NO3/c1-12(2)8-16(6-9(5-13)19-12)11(17)3-4-18-7-10(14)15/h9-10H,3-8H2,1-2H3. The molecule has 0 spiro atoms. The van der Waals surface area contributed by atoms with Gasteiger partial charge in [-0.1, -0.05) is 15.9 Å². The molecule has 0 N–H and O–H groups in total. The Bertz CT molecular complexity index is 303. The first-order chi connectivity index (χ1) is 8.84. The van der Waals surface area contributed by atoms with Gasteiger partial charge in [-0.05, 0) is 13.8 Å². The smallest absolute Gasteiger partial charge is 0.261 e. The number of morpholine rings is 1. The van der Waals surface area contributed by atoms with E-state index in [1.165, 1.54) is 0 Å². The van der Waals surface area contributed by atoms with Gasteiger partial charge in [0.05, 0.1) is 24.7 Å². The summed E-state index contributed by atoms with van der Waals surface area (Å²) in [5.74, 6) is -0.0865. The highest BCUT2D eigenvalue weighted by molar-refractivity contribution is 9.09. The molecule has 1 unspecified atom stereocenters. The number of alkyl halides is 3. The van der Waals surface area contributed by atoms with Crippen LogP contribution in [-0.2, 0) is 14.3 Å². The molecule has 1 aliphatic heterocycles. The predicted molar refractivity (Wildman–Crippen MR) is 70.8 cm³/mol. The van der Waals surface area contributed by atoms with Crippen molar-refractivity contribution in [2.75, 3.05) is 31.6 Å². The lowest BCUT2D eigenvalue weighted by Crippen LogP contribution is -2.55. The van der Waals surface area contributed by atoms with Gasteiger partial charge in [0.25, 0.3) is 6.43 Å². The summed E-state index contributed by atoms with van der Waals surface area (Å²) in [6, 6.07) is 0. The van der Waals surface area contributed by atoms with E-state index >= 15 is 0 Å². The van der Waals surface area contributed by atoms with Crippen molar-refractivity contribution in [3.05, 3.63) is 0 Å². The van der Waals surface area contributed by atoms with Crippen molar-refractivity contribution in [2.45, 2.75) is 38.4 Å². The fraction of sp³-hybridized carbons (Fsp3) is 0.917. The van der Waals surface area contributed by atoms with Crippen LogP contribution in [-0.4, -0.2) is 60.6 Å². The molecule has 7 heteroatoms. The van der Waals surface area contributed by atoms with Gasteiger partial charge in [0.1, 0.15) is 6.61 Å². The number of halogens is 3. The van der Waals surface area contributed by atoms with Crippen molar-refractivity contribution < 1.29 is 23.0 Å². The Morgan fingerprint density at radius 3 is 2.84 bits per heavy atom. The molecule has 0 aromatic rings. The minimum absolute atomic E-state index is 0.0277. The molecule has 4 nitrogen and oxygen atoms in total. The molecule has 1 amide bonds. The van der Waals surface area contributed by atoms with Crippen molar-refractivity contribution in [1.82, 2.24) is 4.90 Å². The van der Waals surface area contributed by atoms with E-state index in [4.69, 9.17) is 9.47 Å². The van der Waals surface area contributed by atoms with Crippen LogP contribution in [0.4, 0.5) is 8.78 Å². The maximum Gasteiger partial charge on any atom is 0.261 e. The van der Waals surface area contributed by atoms with E-state index < -0.39 is 18.6 Å². The molecule has 0 saturated carbocycles. The zero-order valence-corrected chi connectivity index (χ0v) is 12.8. The quantitative estimate of drug-likeness (QED) is 0.547. The fourth-order valence-electron chi connectivity index (χ4n) is 2.06. The first-order valence-corrected chi connectivity index (χ1v) is 7.33. The molecule has 1 saturated heterocycles. The number of nitrogens with zero attached hydrogens (tertiary/aromatic N) is 1. The van der Waals surface area contributed by atoms with E-state index in [2.05, 4.69) is 15.9 Å². The van der Waals surface area contributed by atoms with E-state index in [0.29, 0.717) is 18.4 Å². The zero-order valence-electron chi connectivity index (χ0n) is 11.2. The summed E-state index contributed by atoms with van der Waals surface area (Å²) in [6.07, 6.45) is -2.41. The third kappa shape index (κ3) is 6.14. The summed E-state index contributed by atoms with van der Waals surface area (Å²) >= 11 is 3.35. The van der Waals surface area contributed by atoms with Gasteiger partial charge in [-0.25, -0.2) is 8.78 Å². The Labute approximate surface area is 120 Å². The van der Waals surface area contributed by atoms with Crippen LogP contribution in [0.15, 0.2) is 0 Å². The molecule has 1 fully saturated rings. The van der Waals surface area contributed by atoms with Gasteiger partial charge in [-0.2, -0.15) is 0 Å². The van der Waals surface area contributed by atoms with Crippen molar-refractivity contribution in [3.8, 4) is 0 Å². The van der Waals surface area contributed by atoms with Crippen LogP contribution >= 0.6 is 15.9 Å². The summed E-state index contributed by atoms with van der Waals surface area (Å²) in [4.78, 5) is 13.7. The maximum atomic E-state index is 12.0. The Balaban J connectivity index is 2.38. The van der Waals surface area contributed by atoms with Gasteiger partial charge in [0.15, 0.2) is 0 Å². The normalized spacial score (nSPS) is 22.8. The first-order valence-electron chi connectivity index (χ1n) is 6.21. The average Bonchev–Trinajstić information content (AvgIpc) is 2.32. The van der Waals surface area contributed by atoms with Crippen molar-refractivity contribution in [3.63, 3.8) is 0 Å². The van der Waals surface area contributed by atoms with E-state index in [9.17, 15) is 13.6 Å². The molecular weight excluding hydrogens is 324 g/mol. The zero-order chi connectivity index (χ0) is 14.5. The fourth-order valence-corrected chi connectivity index (χ4v) is 2.39. The second kappa shape index (κ2) is 7.50. The molecule has 0 bridgehead atoms. The lowest BCUT2D eigenvalue weighted by Gasteiger charge is -2.42. The first kappa shape index (κ1) is 16.8. The van der Waals surface area contributed by atoms with Gasteiger partial charge < -0.3 is 14.4 Å². The summed E-state index contributed by atoms with van der Waals surface area (Å²) in [7, 11) is 0. The van der Waals surface area contributed by atoms with Crippen molar-refractivity contribution >= 4 is 21.8 Å². The van der Waals surface area contributed by atoms with Gasteiger partial charge >= 0.3 is 0 Å². The van der Waals surface area contributed by atoms with Crippen molar-refractivity contribution in [1.29, 1.82) is 0 Å². The predicted octanol–water partition coefficient (Wildman–Crippen LogP) is 2.06. The van der Waals surface area contributed by atoms with Crippen LogP contribution in [0.25, 0.3) is 0 Å². The Morgan fingerprint density at radius 2 is 2.26 bits per heavy atom. The van der Waals surface area contributed by atoms with E-state index in [-0.39, 0.29) is 25.0 Å². The average molecular weight is 344 g/mol. The number of ether oxygens (including phenoxy) is 2. The number of hydrogen-bond donors (Lipinski definition) is 0. The number of carbonyl (C=O) groups is 1. The van der Waals surface area contributed by atoms with Crippen LogP contribution in [0.3, 0.4) is 0 Å². The largest absolute Gasteiger partial charge is 0.375 e. The molecule has 0 radical (unpaired) electrons. The number of amides is 1. The van der Waals surface area contributed by atoms with Gasteiger partial charge in [0, 0.05) is 18.4 Å². The maximum absolute atomic E-state index is 12.0. The molecule has 0 aromatic heterocycles.